The highest BCUT2D eigenvalue weighted by Gasteiger charge is 2.33. The zero-order valence-corrected chi connectivity index (χ0v) is 17.9. The summed E-state index contributed by atoms with van der Waals surface area (Å²) in [5.41, 5.74) is 7.49. The minimum atomic E-state index is -0.372. The van der Waals surface area contributed by atoms with Gasteiger partial charge in [-0.05, 0) is 37.3 Å². The summed E-state index contributed by atoms with van der Waals surface area (Å²) in [4.78, 5) is 26.0. The molecule has 7 heteroatoms. The number of nitrogens with zero attached hydrogens (tertiary/aromatic N) is 1. The molecule has 0 saturated heterocycles. The normalized spacial score (nSPS) is 20.3. The Morgan fingerprint density at radius 1 is 1.23 bits per heavy atom. The average Bonchev–Trinajstić information content (AvgIpc) is 3.07. The molecule has 1 saturated carbocycles. The van der Waals surface area contributed by atoms with Crippen LogP contribution in [-0.4, -0.2) is 40.3 Å². The Kier molecular flexibility index (Phi) is 7.50. The third-order valence-electron chi connectivity index (χ3n) is 5.84. The van der Waals surface area contributed by atoms with E-state index in [1.165, 1.54) is 0 Å². The second kappa shape index (κ2) is 10.1. The fourth-order valence-electron chi connectivity index (χ4n) is 4.46. The molecule has 5 N–H and O–H groups in total. The lowest BCUT2D eigenvalue weighted by molar-refractivity contribution is -0.127. The van der Waals surface area contributed by atoms with Crippen molar-refractivity contribution in [3.8, 4) is 0 Å². The van der Waals surface area contributed by atoms with Gasteiger partial charge in [0.15, 0.2) is 0 Å². The second-order valence-electron chi connectivity index (χ2n) is 8.68. The molecule has 1 aromatic heterocycles. The summed E-state index contributed by atoms with van der Waals surface area (Å²) in [5.74, 6) is -0.174. The van der Waals surface area contributed by atoms with Gasteiger partial charge in [0.2, 0.25) is 5.91 Å². The summed E-state index contributed by atoms with van der Waals surface area (Å²) in [6, 6.07) is 9.35. The first kappa shape index (κ1) is 22.3. The molecule has 0 spiro atoms. The molecule has 1 fully saturated rings. The van der Waals surface area contributed by atoms with E-state index in [0.29, 0.717) is 18.2 Å². The first-order chi connectivity index (χ1) is 14.4. The third kappa shape index (κ3) is 5.21. The summed E-state index contributed by atoms with van der Waals surface area (Å²) >= 11 is 0. The molecule has 1 aliphatic rings. The molecule has 0 radical (unpaired) electrons. The van der Waals surface area contributed by atoms with E-state index in [2.05, 4.69) is 24.5 Å². The average molecular weight is 415 g/mol. The van der Waals surface area contributed by atoms with Gasteiger partial charge in [0.05, 0.1) is 18.7 Å². The van der Waals surface area contributed by atoms with Crippen LogP contribution in [0.25, 0.3) is 10.9 Å². The summed E-state index contributed by atoms with van der Waals surface area (Å²) in [7, 11) is 0. The summed E-state index contributed by atoms with van der Waals surface area (Å²) in [6.45, 7) is 4.43. The molecule has 0 bridgehead atoms. The molecule has 1 aliphatic carbocycles. The maximum atomic E-state index is 13.1. The number of hydrogen-bond acceptors (Lipinski definition) is 4. The van der Waals surface area contributed by atoms with E-state index in [0.717, 1.165) is 43.0 Å². The van der Waals surface area contributed by atoms with E-state index in [1.807, 2.05) is 34.9 Å². The zero-order chi connectivity index (χ0) is 21.7. The molecule has 3 rings (SSSR count). The maximum absolute atomic E-state index is 13.1. The molecular formula is C23H34N4O3. The van der Waals surface area contributed by atoms with E-state index in [1.54, 1.807) is 0 Å². The number of carbonyl (C=O) groups excluding carboxylic acids is 2. The van der Waals surface area contributed by atoms with Crippen LogP contribution in [0.3, 0.4) is 0 Å². The number of aromatic nitrogens is 1. The number of nitrogens with one attached hydrogen (secondary N) is 2. The van der Waals surface area contributed by atoms with Crippen molar-refractivity contribution in [3.05, 3.63) is 36.0 Å². The van der Waals surface area contributed by atoms with Crippen LogP contribution >= 0.6 is 0 Å². The third-order valence-corrected chi connectivity index (χ3v) is 5.84. The Labute approximate surface area is 178 Å². The van der Waals surface area contributed by atoms with E-state index in [4.69, 9.17) is 5.73 Å². The van der Waals surface area contributed by atoms with Crippen molar-refractivity contribution >= 4 is 22.7 Å². The number of fused-ring (bicyclic) bond motifs is 1. The van der Waals surface area contributed by atoms with Gasteiger partial charge in [-0.25, -0.2) is 0 Å². The number of aliphatic hydroxyl groups is 1. The Bertz CT molecular complexity index is 876. The van der Waals surface area contributed by atoms with Crippen molar-refractivity contribution in [2.24, 2.45) is 17.6 Å². The van der Waals surface area contributed by atoms with E-state index < -0.39 is 0 Å². The number of benzene rings is 1. The van der Waals surface area contributed by atoms with Crippen LogP contribution in [0.5, 0.6) is 0 Å². The van der Waals surface area contributed by atoms with Crippen molar-refractivity contribution in [1.29, 1.82) is 0 Å². The highest BCUT2D eigenvalue weighted by atomic mass is 16.3. The monoisotopic (exact) mass is 414 g/mol. The molecule has 1 heterocycles. The molecule has 7 nitrogen and oxygen atoms in total. The van der Waals surface area contributed by atoms with Crippen molar-refractivity contribution < 1.29 is 14.7 Å². The van der Waals surface area contributed by atoms with Gasteiger partial charge < -0.3 is 26.0 Å². The zero-order valence-electron chi connectivity index (χ0n) is 17.9. The van der Waals surface area contributed by atoms with Gasteiger partial charge in [0.25, 0.3) is 5.91 Å². The van der Waals surface area contributed by atoms with Crippen LogP contribution in [0.2, 0.25) is 0 Å². The number of para-hydroxylation sites is 1. The lowest BCUT2D eigenvalue weighted by Crippen LogP contribution is -2.52. The summed E-state index contributed by atoms with van der Waals surface area (Å²) < 4.78 is 1.83. The van der Waals surface area contributed by atoms with Crippen molar-refractivity contribution in [1.82, 2.24) is 15.2 Å². The van der Waals surface area contributed by atoms with Gasteiger partial charge in [-0.1, -0.05) is 44.9 Å². The molecule has 2 aromatic rings. The van der Waals surface area contributed by atoms with Crippen LogP contribution in [0.1, 0.15) is 56.4 Å². The van der Waals surface area contributed by atoms with E-state index in [9.17, 15) is 14.7 Å². The maximum Gasteiger partial charge on any atom is 0.268 e. The Morgan fingerprint density at radius 2 is 1.97 bits per heavy atom. The number of rotatable bonds is 8. The molecule has 0 unspecified atom stereocenters. The molecule has 3 atom stereocenters. The SMILES string of the molecule is CC(C)C[C@@H](N)NC(=O)[C@@H]1CCCC[C@@H]1NC(=O)c1cc2ccccc2n1CCO. The minimum Gasteiger partial charge on any atom is -0.395 e. The summed E-state index contributed by atoms with van der Waals surface area (Å²) in [5, 5.41) is 16.4. The van der Waals surface area contributed by atoms with Crippen molar-refractivity contribution in [2.45, 2.75) is 64.7 Å². The lowest BCUT2D eigenvalue weighted by Gasteiger charge is -2.32. The number of carbonyl (C=O) groups is 2. The van der Waals surface area contributed by atoms with Crippen LogP contribution < -0.4 is 16.4 Å². The Morgan fingerprint density at radius 3 is 2.70 bits per heavy atom. The van der Waals surface area contributed by atoms with Gasteiger partial charge in [-0.3, -0.25) is 9.59 Å². The highest BCUT2D eigenvalue weighted by molar-refractivity contribution is 5.99. The van der Waals surface area contributed by atoms with Crippen molar-refractivity contribution in [2.75, 3.05) is 6.61 Å². The van der Waals surface area contributed by atoms with Gasteiger partial charge in [0.1, 0.15) is 5.69 Å². The Balaban J connectivity index is 1.75. The number of hydrogen-bond donors (Lipinski definition) is 4. The smallest absolute Gasteiger partial charge is 0.268 e. The standard InChI is InChI=1S/C23H34N4O3/c1-15(2)13-21(24)26-22(29)17-8-4-5-9-18(17)25-23(30)20-14-16-7-3-6-10-19(16)27(20)11-12-28/h3,6-7,10,14-15,17-18,21,28H,4-5,8-9,11-13,24H2,1-2H3,(H,25,30)(H,26,29)/t17-,18+,21+/m1/s1. The fraction of sp³-hybridized carbons (Fsp3) is 0.565. The number of nitrogens with two attached hydrogens (primary N) is 1. The molecule has 0 aliphatic heterocycles. The van der Waals surface area contributed by atoms with E-state index >= 15 is 0 Å². The molecule has 164 valence electrons. The second-order valence-corrected chi connectivity index (χ2v) is 8.68. The van der Waals surface area contributed by atoms with E-state index in [-0.39, 0.29) is 36.5 Å². The lowest BCUT2D eigenvalue weighted by atomic mass is 9.83. The highest BCUT2D eigenvalue weighted by Crippen LogP contribution is 2.26. The predicted molar refractivity (Wildman–Crippen MR) is 118 cm³/mol. The molecule has 1 aromatic carbocycles. The number of aliphatic hydroxyl groups excluding tert-OH is 1. The molecule has 2 amide bonds. The quantitative estimate of drug-likeness (QED) is 0.497. The molecule has 30 heavy (non-hydrogen) atoms. The fourth-order valence-corrected chi connectivity index (χ4v) is 4.46. The summed E-state index contributed by atoms with van der Waals surface area (Å²) in [6.07, 6.45) is 3.80. The minimum absolute atomic E-state index is 0.0544. The Hall–Kier alpha value is -2.38. The van der Waals surface area contributed by atoms with Crippen LogP contribution in [0, 0.1) is 11.8 Å². The topological polar surface area (TPSA) is 109 Å². The van der Waals surface area contributed by atoms with Crippen molar-refractivity contribution in [3.63, 3.8) is 0 Å². The largest absolute Gasteiger partial charge is 0.395 e. The van der Waals surface area contributed by atoms with Crippen LogP contribution in [0.4, 0.5) is 0 Å². The number of amides is 2. The van der Waals surface area contributed by atoms with Crippen LogP contribution in [0.15, 0.2) is 30.3 Å². The van der Waals surface area contributed by atoms with Gasteiger partial charge >= 0.3 is 0 Å². The van der Waals surface area contributed by atoms with Gasteiger partial charge in [0, 0.05) is 23.5 Å². The first-order valence-corrected chi connectivity index (χ1v) is 11.0. The predicted octanol–water partition coefficient (Wildman–Crippen LogP) is 2.37. The van der Waals surface area contributed by atoms with Gasteiger partial charge in [-0.15, -0.1) is 0 Å². The van der Waals surface area contributed by atoms with Crippen LogP contribution in [-0.2, 0) is 11.3 Å². The first-order valence-electron chi connectivity index (χ1n) is 11.0. The molecular weight excluding hydrogens is 380 g/mol. The van der Waals surface area contributed by atoms with Gasteiger partial charge in [-0.2, -0.15) is 0 Å².